The molecule has 3 aromatic rings. The summed E-state index contributed by atoms with van der Waals surface area (Å²) in [7, 11) is -3.47. The zero-order chi connectivity index (χ0) is 22.6. The van der Waals surface area contributed by atoms with Crippen molar-refractivity contribution in [3.05, 3.63) is 41.4 Å². The molecule has 14 heteroatoms. The number of carbonyl (C=O) groups excluding carboxylic acids is 1. The van der Waals surface area contributed by atoms with Gasteiger partial charge in [0.15, 0.2) is 26.5 Å². The fraction of sp³-hybridized carbons (Fsp3) is 0.176. The predicted molar refractivity (Wildman–Crippen MR) is 106 cm³/mol. The van der Waals surface area contributed by atoms with Crippen LogP contribution in [0.5, 0.6) is 11.5 Å². The highest BCUT2D eigenvalue weighted by Gasteiger charge is 2.65. The minimum absolute atomic E-state index is 0.0415. The SMILES string of the molecule is CS(=O)(=O)c1ccc2nc(NC(=O)NC3(C(F)(F)F)Oc4ccc(Cl)cc4O3)sc2c1. The van der Waals surface area contributed by atoms with E-state index in [1.165, 1.54) is 30.3 Å². The summed E-state index contributed by atoms with van der Waals surface area (Å²) in [4.78, 5) is 16.4. The highest BCUT2D eigenvalue weighted by Crippen LogP contribution is 2.46. The number of rotatable bonds is 3. The van der Waals surface area contributed by atoms with Crippen molar-refractivity contribution in [1.82, 2.24) is 10.3 Å². The molecule has 0 radical (unpaired) electrons. The molecule has 0 saturated carbocycles. The number of halogens is 4. The van der Waals surface area contributed by atoms with E-state index >= 15 is 0 Å². The molecule has 0 saturated heterocycles. The van der Waals surface area contributed by atoms with E-state index < -0.39 is 28.0 Å². The summed E-state index contributed by atoms with van der Waals surface area (Å²) in [6, 6.07) is 6.41. The third-order valence-electron chi connectivity index (χ3n) is 4.07. The van der Waals surface area contributed by atoms with Crippen molar-refractivity contribution in [3.63, 3.8) is 0 Å². The summed E-state index contributed by atoms with van der Waals surface area (Å²) in [5.74, 6) is -4.02. The first kappa shape index (κ1) is 21.5. The van der Waals surface area contributed by atoms with Crippen LogP contribution in [-0.2, 0) is 9.84 Å². The van der Waals surface area contributed by atoms with Crippen molar-refractivity contribution in [3.8, 4) is 11.5 Å². The first-order chi connectivity index (χ1) is 14.4. The van der Waals surface area contributed by atoms with Crippen molar-refractivity contribution in [2.45, 2.75) is 17.0 Å². The lowest BCUT2D eigenvalue weighted by Gasteiger charge is -2.29. The third-order valence-corrected chi connectivity index (χ3v) is 6.35. The second-order valence-electron chi connectivity index (χ2n) is 6.41. The largest absolute Gasteiger partial charge is 0.492 e. The van der Waals surface area contributed by atoms with Gasteiger partial charge >= 0.3 is 18.1 Å². The van der Waals surface area contributed by atoms with Gasteiger partial charge in [0.2, 0.25) is 0 Å². The number of nitrogens with one attached hydrogen (secondary N) is 2. The van der Waals surface area contributed by atoms with Gasteiger partial charge in [0, 0.05) is 17.3 Å². The van der Waals surface area contributed by atoms with E-state index in [-0.39, 0.29) is 26.5 Å². The van der Waals surface area contributed by atoms with E-state index in [4.69, 9.17) is 21.1 Å². The Hall–Kier alpha value is -2.77. The number of benzene rings is 2. The molecule has 2 aromatic carbocycles. The Morgan fingerprint density at radius 3 is 2.55 bits per heavy atom. The highest BCUT2D eigenvalue weighted by atomic mass is 35.5. The topological polar surface area (TPSA) is 107 Å². The van der Waals surface area contributed by atoms with Gasteiger partial charge in [-0.3, -0.25) is 10.6 Å². The summed E-state index contributed by atoms with van der Waals surface area (Å²) in [6.07, 6.45) is -4.11. The molecule has 2 N–H and O–H groups in total. The molecular formula is C17H11ClF3N3O5S2. The minimum Gasteiger partial charge on any atom is -0.424 e. The molecule has 2 amide bonds. The number of fused-ring (bicyclic) bond motifs is 2. The van der Waals surface area contributed by atoms with Crippen LogP contribution in [0.25, 0.3) is 10.2 Å². The van der Waals surface area contributed by atoms with Crippen LogP contribution >= 0.6 is 22.9 Å². The molecule has 2 heterocycles. The van der Waals surface area contributed by atoms with Crippen LogP contribution in [0.2, 0.25) is 5.02 Å². The second kappa shape index (κ2) is 7.14. The van der Waals surface area contributed by atoms with Crippen LogP contribution in [0.1, 0.15) is 0 Å². The molecule has 1 aliphatic heterocycles. The molecule has 31 heavy (non-hydrogen) atoms. The smallest absolute Gasteiger partial charge is 0.424 e. The summed E-state index contributed by atoms with van der Waals surface area (Å²) >= 11 is 6.64. The van der Waals surface area contributed by atoms with Gasteiger partial charge in [-0.2, -0.15) is 13.2 Å². The maximum absolute atomic E-state index is 13.7. The zero-order valence-electron chi connectivity index (χ0n) is 15.3. The number of urea groups is 1. The molecule has 4 rings (SSSR count). The average Bonchev–Trinajstić information content (AvgIpc) is 3.19. The van der Waals surface area contributed by atoms with Gasteiger partial charge in [0.25, 0.3) is 0 Å². The Morgan fingerprint density at radius 1 is 1.16 bits per heavy atom. The number of hydrogen-bond donors (Lipinski definition) is 2. The lowest BCUT2D eigenvalue weighted by Crippen LogP contribution is -2.65. The van der Waals surface area contributed by atoms with E-state index in [2.05, 4.69) is 10.3 Å². The van der Waals surface area contributed by atoms with Crippen molar-refractivity contribution in [2.75, 3.05) is 11.6 Å². The van der Waals surface area contributed by atoms with Crippen LogP contribution in [0, 0.1) is 0 Å². The zero-order valence-corrected chi connectivity index (χ0v) is 17.7. The van der Waals surface area contributed by atoms with Crippen molar-refractivity contribution in [2.24, 2.45) is 0 Å². The molecule has 1 unspecified atom stereocenters. The van der Waals surface area contributed by atoms with Gasteiger partial charge in [-0.1, -0.05) is 22.9 Å². The number of aromatic nitrogens is 1. The van der Waals surface area contributed by atoms with E-state index in [1.54, 1.807) is 5.32 Å². The maximum Gasteiger partial charge on any atom is 0.492 e. The fourth-order valence-corrected chi connectivity index (χ4v) is 4.47. The highest BCUT2D eigenvalue weighted by molar-refractivity contribution is 7.90. The summed E-state index contributed by atoms with van der Waals surface area (Å²) in [5.41, 5.74) is 0.355. The molecule has 1 aliphatic rings. The molecule has 164 valence electrons. The van der Waals surface area contributed by atoms with Crippen LogP contribution in [0.3, 0.4) is 0 Å². The lowest BCUT2D eigenvalue weighted by atomic mass is 10.3. The first-order valence-corrected chi connectivity index (χ1v) is 11.4. The van der Waals surface area contributed by atoms with Gasteiger partial charge in [0.1, 0.15) is 0 Å². The number of hydrogen-bond acceptors (Lipinski definition) is 7. The Morgan fingerprint density at radius 2 is 1.87 bits per heavy atom. The Balaban J connectivity index is 1.57. The van der Waals surface area contributed by atoms with Crippen molar-refractivity contribution < 1.29 is 35.9 Å². The van der Waals surface area contributed by atoms with E-state index in [0.717, 1.165) is 23.7 Å². The quantitative estimate of drug-likeness (QED) is 0.567. The molecule has 8 nitrogen and oxygen atoms in total. The molecule has 0 fully saturated rings. The van der Waals surface area contributed by atoms with Gasteiger partial charge < -0.3 is 9.47 Å². The number of nitrogens with zero attached hydrogens (tertiary/aromatic N) is 1. The first-order valence-electron chi connectivity index (χ1n) is 8.30. The monoisotopic (exact) mass is 493 g/mol. The Kier molecular flexibility index (Phi) is 4.94. The maximum atomic E-state index is 13.7. The van der Waals surface area contributed by atoms with Crippen LogP contribution in [-0.4, -0.2) is 37.8 Å². The van der Waals surface area contributed by atoms with Gasteiger partial charge in [-0.05, 0) is 30.3 Å². The Bertz CT molecular complexity index is 1310. The normalized spacial score (nSPS) is 18.2. The Labute approximate surface area is 181 Å². The van der Waals surface area contributed by atoms with Gasteiger partial charge in [-0.25, -0.2) is 18.2 Å². The van der Waals surface area contributed by atoms with Crippen LogP contribution < -0.4 is 20.1 Å². The minimum atomic E-state index is -5.15. The van der Waals surface area contributed by atoms with E-state index in [0.29, 0.717) is 10.2 Å². The summed E-state index contributed by atoms with van der Waals surface area (Å²) < 4.78 is 74.6. The van der Waals surface area contributed by atoms with Crippen LogP contribution in [0.4, 0.5) is 23.1 Å². The summed E-state index contributed by atoms with van der Waals surface area (Å²) in [6.45, 7) is 0. The molecule has 1 atom stereocenters. The fourth-order valence-electron chi connectivity index (χ4n) is 2.68. The van der Waals surface area contributed by atoms with Crippen molar-refractivity contribution in [1.29, 1.82) is 0 Å². The van der Waals surface area contributed by atoms with E-state index in [9.17, 15) is 26.4 Å². The molecular weight excluding hydrogens is 483 g/mol. The number of anilines is 1. The predicted octanol–water partition coefficient (Wildman–Crippen LogP) is 4.16. The lowest BCUT2D eigenvalue weighted by molar-refractivity contribution is -0.317. The molecule has 1 aromatic heterocycles. The van der Waals surface area contributed by atoms with Gasteiger partial charge in [-0.15, -0.1) is 0 Å². The standard InChI is InChI=1S/C17H11ClF3N3O5S2/c1-31(26,27)9-3-4-10-13(7-9)30-15(22-10)23-14(25)24-17(16(19,20)21)28-11-5-2-8(18)6-12(11)29-17/h2-7H,1H3,(H2,22,23,24,25). The summed E-state index contributed by atoms with van der Waals surface area (Å²) in [5, 5.41) is 3.87. The third kappa shape index (κ3) is 4.07. The molecule has 0 spiro atoms. The van der Waals surface area contributed by atoms with E-state index in [1.807, 2.05) is 0 Å². The number of amides is 2. The van der Waals surface area contributed by atoms with Gasteiger partial charge in [0.05, 0.1) is 15.1 Å². The second-order valence-corrected chi connectivity index (χ2v) is 9.89. The number of ether oxygens (including phenoxy) is 2. The van der Waals surface area contributed by atoms with Crippen molar-refractivity contribution >= 4 is 54.2 Å². The molecule has 0 aliphatic carbocycles. The number of alkyl halides is 3. The number of thiazole rings is 1. The number of carbonyl (C=O) groups is 1. The van der Waals surface area contributed by atoms with Crippen LogP contribution in [0.15, 0.2) is 41.3 Å². The average molecular weight is 494 g/mol. The number of sulfone groups is 1. The molecule has 0 bridgehead atoms.